The van der Waals surface area contributed by atoms with Gasteiger partial charge in [-0.05, 0) is 24.3 Å². The lowest BCUT2D eigenvalue weighted by Gasteiger charge is -2.24. The van der Waals surface area contributed by atoms with E-state index >= 15 is 0 Å². The lowest BCUT2D eigenvalue weighted by Crippen LogP contribution is -2.54. The maximum absolute atomic E-state index is 12.0. The second-order valence-corrected chi connectivity index (χ2v) is 7.42. The van der Waals surface area contributed by atoms with Gasteiger partial charge in [0.05, 0.1) is 5.02 Å². The molecule has 7 heteroatoms. The number of carboxylic acids is 1. The molecule has 1 unspecified atom stereocenters. The van der Waals surface area contributed by atoms with Crippen molar-refractivity contribution in [3.8, 4) is 0 Å². The van der Waals surface area contributed by atoms with Gasteiger partial charge in [0.2, 0.25) is 5.91 Å². The number of hydrogen-bond donors (Lipinski definition) is 2. The van der Waals surface area contributed by atoms with Crippen LogP contribution in [0.15, 0.2) is 29.2 Å². The topological polar surface area (TPSA) is 66.4 Å². The number of carbonyl (C=O) groups excluding carboxylic acids is 1. The first-order valence-corrected chi connectivity index (χ1v) is 9.05. The minimum Gasteiger partial charge on any atom is -0.479 e. The molecule has 0 radical (unpaired) electrons. The average Bonchev–Trinajstić information content (AvgIpc) is 2.91. The smallest absolute Gasteiger partial charge is 0.330 e. The van der Waals surface area contributed by atoms with Gasteiger partial charge < -0.3 is 10.4 Å². The van der Waals surface area contributed by atoms with Gasteiger partial charge in [-0.3, -0.25) is 4.79 Å². The van der Waals surface area contributed by atoms with E-state index in [0.717, 1.165) is 10.6 Å². The van der Waals surface area contributed by atoms with Crippen LogP contribution in [0.2, 0.25) is 5.02 Å². The molecule has 114 valence electrons. The summed E-state index contributed by atoms with van der Waals surface area (Å²) in [5.74, 6) is 0.601. The lowest BCUT2D eigenvalue weighted by atomic mass is 9.99. The fourth-order valence-corrected chi connectivity index (χ4v) is 4.54. The highest BCUT2D eigenvalue weighted by atomic mass is 35.5. The van der Waals surface area contributed by atoms with E-state index in [-0.39, 0.29) is 12.3 Å². The summed E-state index contributed by atoms with van der Waals surface area (Å²) in [5, 5.41) is 12.7. The van der Waals surface area contributed by atoms with Crippen molar-refractivity contribution in [1.29, 1.82) is 0 Å². The molecule has 0 spiro atoms. The van der Waals surface area contributed by atoms with Gasteiger partial charge in [-0.25, -0.2) is 4.79 Å². The summed E-state index contributed by atoms with van der Waals surface area (Å²) in [4.78, 5) is 24.2. The number of hydrogen-bond acceptors (Lipinski definition) is 4. The number of amides is 1. The monoisotopic (exact) mass is 345 g/mol. The Morgan fingerprint density at radius 2 is 2.19 bits per heavy atom. The van der Waals surface area contributed by atoms with E-state index in [1.807, 2.05) is 18.2 Å². The summed E-state index contributed by atoms with van der Waals surface area (Å²) in [6, 6.07) is 7.45. The summed E-state index contributed by atoms with van der Waals surface area (Å²) < 4.78 is 0. The number of nitrogens with one attached hydrogen (secondary N) is 1. The van der Waals surface area contributed by atoms with Crippen LogP contribution in [-0.4, -0.2) is 39.8 Å². The molecule has 21 heavy (non-hydrogen) atoms. The van der Waals surface area contributed by atoms with Crippen molar-refractivity contribution in [3.63, 3.8) is 0 Å². The third kappa shape index (κ3) is 4.31. The zero-order chi connectivity index (χ0) is 15.3. The third-order valence-corrected chi connectivity index (χ3v) is 5.94. The SMILES string of the molecule is O=C(CCSc1ccccc1Cl)NC1(C(=O)O)CCSC1. The Balaban J connectivity index is 1.82. The van der Waals surface area contributed by atoms with Gasteiger partial charge >= 0.3 is 5.97 Å². The molecule has 1 aliphatic heterocycles. The summed E-state index contributed by atoms with van der Waals surface area (Å²) in [6.45, 7) is 0. The van der Waals surface area contributed by atoms with E-state index in [2.05, 4.69) is 5.32 Å². The maximum atomic E-state index is 12.0. The van der Waals surface area contributed by atoms with Crippen LogP contribution in [0.5, 0.6) is 0 Å². The summed E-state index contributed by atoms with van der Waals surface area (Å²) >= 11 is 9.09. The Morgan fingerprint density at radius 1 is 1.43 bits per heavy atom. The number of carboxylic acid groups (broad SMARTS) is 1. The number of rotatable bonds is 6. The molecule has 1 heterocycles. The first-order valence-electron chi connectivity index (χ1n) is 6.53. The van der Waals surface area contributed by atoms with Crippen LogP contribution < -0.4 is 5.32 Å². The van der Waals surface area contributed by atoms with Crippen LogP contribution in [0.3, 0.4) is 0 Å². The molecular weight excluding hydrogens is 330 g/mol. The highest BCUT2D eigenvalue weighted by Gasteiger charge is 2.43. The molecule has 0 bridgehead atoms. The van der Waals surface area contributed by atoms with Crippen LogP contribution in [0.1, 0.15) is 12.8 Å². The number of carbonyl (C=O) groups is 2. The minimum absolute atomic E-state index is 0.223. The van der Waals surface area contributed by atoms with Crippen molar-refractivity contribution in [2.75, 3.05) is 17.3 Å². The van der Waals surface area contributed by atoms with Crippen LogP contribution >= 0.6 is 35.1 Å². The third-order valence-electron chi connectivity index (χ3n) is 3.23. The van der Waals surface area contributed by atoms with Gasteiger partial charge in [0, 0.05) is 22.8 Å². The van der Waals surface area contributed by atoms with Crippen molar-refractivity contribution in [2.24, 2.45) is 0 Å². The van der Waals surface area contributed by atoms with E-state index in [4.69, 9.17) is 11.6 Å². The number of thioether (sulfide) groups is 2. The second-order valence-electron chi connectivity index (χ2n) is 4.77. The second kappa shape index (κ2) is 7.42. The lowest BCUT2D eigenvalue weighted by molar-refractivity contribution is -0.146. The molecular formula is C14H16ClNO3S2. The molecule has 2 N–H and O–H groups in total. The molecule has 1 amide bonds. The average molecular weight is 346 g/mol. The number of benzene rings is 1. The molecule has 0 aromatic heterocycles. The summed E-state index contributed by atoms with van der Waals surface area (Å²) in [5.41, 5.74) is -1.09. The van der Waals surface area contributed by atoms with Crippen LogP contribution in [0.25, 0.3) is 0 Å². The Kier molecular flexibility index (Phi) is 5.84. The van der Waals surface area contributed by atoms with Gasteiger partial charge in [0.25, 0.3) is 0 Å². The first kappa shape index (κ1) is 16.5. The molecule has 1 aromatic carbocycles. The van der Waals surface area contributed by atoms with E-state index in [1.54, 1.807) is 17.8 Å². The molecule has 1 saturated heterocycles. The fourth-order valence-electron chi connectivity index (χ4n) is 2.03. The standard InChI is InChI=1S/C14H16ClNO3S2/c15-10-3-1-2-4-11(10)21-7-5-12(17)16-14(13(18)19)6-8-20-9-14/h1-4H,5-9H2,(H,16,17)(H,18,19). The van der Waals surface area contributed by atoms with Crippen LogP contribution in [0.4, 0.5) is 0 Å². The molecule has 2 rings (SSSR count). The van der Waals surface area contributed by atoms with E-state index in [9.17, 15) is 14.7 Å². The molecule has 1 aliphatic rings. The van der Waals surface area contributed by atoms with Gasteiger partial charge in [0.1, 0.15) is 5.54 Å². The quantitative estimate of drug-likeness (QED) is 0.776. The zero-order valence-corrected chi connectivity index (χ0v) is 13.7. The predicted octanol–water partition coefficient (Wildman–Crippen LogP) is 2.90. The van der Waals surface area contributed by atoms with Crippen molar-refractivity contribution >= 4 is 47.0 Å². The highest BCUT2D eigenvalue weighted by molar-refractivity contribution is 7.99. The van der Waals surface area contributed by atoms with Crippen molar-refractivity contribution < 1.29 is 14.7 Å². The maximum Gasteiger partial charge on any atom is 0.330 e. The van der Waals surface area contributed by atoms with Gasteiger partial charge in [-0.2, -0.15) is 11.8 Å². The molecule has 0 saturated carbocycles. The van der Waals surface area contributed by atoms with Crippen molar-refractivity contribution in [3.05, 3.63) is 29.3 Å². The minimum atomic E-state index is -1.09. The molecule has 1 fully saturated rings. The van der Waals surface area contributed by atoms with Crippen LogP contribution in [0, 0.1) is 0 Å². The van der Waals surface area contributed by atoms with Gasteiger partial charge in [-0.15, -0.1) is 11.8 Å². The molecule has 4 nitrogen and oxygen atoms in total. The number of halogens is 1. The van der Waals surface area contributed by atoms with E-state index < -0.39 is 11.5 Å². The highest BCUT2D eigenvalue weighted by Crippen LogP contribution is 2.29. The summed E-state index contributed by atoms with van der Waals surface area (Å²) in [6.07, 6.45) is 0.756. The molecule has 0 aliphatic carbocycles. The van der Waals surface area contributed by atoms with Gasteiger partial charge in [0.15, 0.2) is 0 Å². The molecule has 1 aromatic rings. The Morgan fingerprint density at radius 3 is 2.81 bits per heavy atom. The Hall–Kier alpha value is -0.850. The van der Waals surface area contributed by atoms with Crippen molar-refractivity contribution in [1.82, 2.24) is 5.32 Å². The zero-order valence-electron chi connectivity index (χ0n) is 11.3. The van der Waals surface area contributed by atoms with E-state index in [1.165, 1.54) is 11.8 Å². The normalized spacial score (nSPS) is 21.2. The fraction of sp³-hybridized carbons (Fsp3) is 0.429. The predicted molar refractivity (Wildman–Crippen MR) is 87.2 cm³/mol. The summed E-state index contributed by atoms with van der Waals surface area (Å²) in [7, 11) is 0. The number of aliphatic carboxylic acids is 1. The Labute approximate surface area is 137 Å². The van der Waals surface area contributed by atoms with Crippen LogP contribution in [-0.2, 0) is 9.59 Å². The first-order chi connectivity index (χ1) is 10.0. The van der Waals surface area contributed by atoms with Gasteiger partial charge in [-0.1, -0.05) is 23.7 Å². The molecule has 1 atom stereocenters. The largest absolute Gasteiger partial charge is 0.479 e. The van der Waals surface area contributed by atoms with Crippen molar-refractivity contribution in [2.45, 2.75) is 23.3 Å². The van der Waals surface area contributed by atoms with E-state index in [0.29, 0.717) is 22.9 Å². The Bertz CT molecular complexity index is 533.